The van der Waals surface area contributed by atoms with Crippen LogP contribution < -0.4 is 15.8 Å². The second-order valence-electron chi connectivity index (χ2n) is 4.50. The van der Waals surface area contributed by atoms with E-state index < -0.39 is 0 Å². The number of nitrogens with two attached hydrogens (primary N) is 1. The Morgan fingerprint density at radius 2 is 2.20 bits per heavy atom. The van der Waals surface area contributed by atoms with Gasteiger partial charge in [-0.05, 0) is 24.6 Å². The zero-order valence-corrected chi connectivity index (χ0v) is 11.6. The van der Waals surface area contributed by atoms with Crippen LogP contribution in [0.3, 0.4) is 0 Å². The van der Waals surface area contributed by atoms with Gasteiger partial charge in [-0.1, -0.05) is 12.1 Å². The van der Waals surface area contributed by atoms with Gasteiger partial charge < -0.3 is 20.2 Å². The molecule has 0 unspecified atom stereocenters. The first kappa shape index (κ1) is 14.1. The molecule has 3 N–H and O–H groups in total. The third-order valence-electron chi connectivity index (χ3n) is 3.00. The third kappa shape index (κ3) is 3.19. The number of rotatable bonds is 5. The summed E-state index contributed by atoms with van der Waals surface area (Å²) < 4.78 is 10.4. The van der Waals surface area contributed by atoms with E-state index in [1.54, 1.807) is 13.2 Å². The minimum Gasteiger partial charge on any atom is -0.496 e. The predicted molar refractivity (Wildman–Crippen MR) is 75.5 cm³/mol. The number of furan rings is 1. The van der Waals surface area contributed by atoms with Crippen molar-refractivity contribution in [2.45, 2.75) is 20.0 Å². The molecule has 0 atom stereocenters. The summed E-state index contributed by atoms with van der Waals surface area (Å²) in [5, 5.41) is 2.83. The van der Waals surface area contributed by atoms with E-state index in [2.05, 4.69) is 5.32 Å². The first-order valence-corrected chi connectivity index (χ1v) is 6.33. The van der Waals surface area contributed by atoms with Gasteiger partial charge in [0.2, 0.25) is 0 Å². The van der Waals surface area contributed by atoms with Crippen LogP contribution in [0.15, 0.2) is 34.9 Å². The van der Waals surface area contributed by atoms with Crippen LogP contribution in [-0.2, 0) is 13.1 Å². The molecule has 0 radical (unpaired) electrons. The molecule has 5 nitrogen and oxygen atoms in total. The van der Waals surface area contributed by atoms with Crippen molar-refractivity contribution < 1.29 is 13.9 Å². The van der Waals surface area contributed by atoms with Gasteiger partial charge in [-0.3, -0.25) is 4.79 Å². The second kappa shape index (κ2) is 6.25. The van der Waals surface area contributed by atoms with E-state index in [9.17, 15) is 4.79 Å². The molecule has 2 rings (SSSR count). The van der Waals surface area contributed by atoms with Gasteiger partial charge in [0.25, 0.3) is 5.91 Å². The molecule has 0 spiro atoms. The van der Waals surface area contributed by atoms with Crippen LogP contribution in [0, 0.1) is 6.92 Å². The molecule has 1 amide bonds. The number of hydrogen-bond donors (Lipinski definition) is 2. The molecule has 1 aromatic carbocycles. The summed E-state index contributed by atoms with van der Waals surface area (Å²) in [5.74, 6) is 1.15. The van der Waals surface area contributed by atoms with Crippen molar-refractivity contribution in [3.05, 3.63) is 53.0 Å². The second-order valence-corrected chi connectivity index (χ2v) is 4.50. The van der Waals surface area contributed by atoms with Gasteiger partial charge >= 0.3 is 0 Å². The fourth-order valence-electron chi connectivity index (χ4n) is 1.88. The number of aryl methyl sites for hydroxylation is 1. The molecular formula is C15H18N2O3. The van der Waals surface area contributed by atoms with Crippen LogP contribution in [-0.4, -0.2) is 13.0 Å². The van der Waals surface area contributed by atoms with E-state index in [-0.39, 0.29) is 12.5 Å². The summed E-state index contributed by atoms with van der Waals surface area (Å²) in [4.78, 5) is 12.0. The Kier molecular flexibility index (Phi) is 4.42. The Hall–Kier alpha value is -2.27. The fraction of sp³-hybridized carbons (Fsp3) is 0.267. The lowest BCUT2D eigenvalue weighted by Crippen LogP contribution is -2.22. The van der Waals surface area contributed by atoms with Crippen molar-refractivity contribution in [3.63, 3.8) is 0 Å². The maximum atomic E-state index is 12.0. The molecule has 0 aliphatic heterocycles. The minimum atomic E-state index is -0.198. The summed E-state index contributed by atoms with van der Waals surface area (Å²) in [5.41, 5.74) is 7.94. The molecule has 0 aliphatic rings. The van der Waals surface area contributed by atoms with E-state index in [0.29, 0.717) is 17.9 Å². The highest BCUT2D eigenvalue weighted by atomic mass is 16.5. The van der Waals surface area contributed by atoms with Gasteiger partial charge in [0, 0.05) is 12.1 Å². The zero-order chi connectivity index (χ0) is 14.5. The first-order valence-electron chi connectivity index (χ1n) is 6.33. The van der Waals surface area contributed by atoms with Crippen molar-refractivity contribution in [3.8, 4) is 5.75 Å². The van der Waals surface area contributed by atoms with Gasteiger partial charge in [-0.15, -0.1) is 0 Å². The van der Waals surface area contributed by atoms with Gasteiger partial charge in [0.15, 0.2) is 0 Å². The average molecular weight is 274 g/mol. The third-order valence-corrected chi connectivity index (χ3v) is 3.00. The molecule has 0 bridgehead atoms. The minimum absolute atomic E-state index is 0.198. The topological polar surface area (TPSA) is 77.5 Å². The highest BCUT2D eigenvalue weighted by molar-refractivity contribution is 5.93. The maximum Gasteiger partial charge on any atom is 0.254 e. The molecule has 1 heterocycles. The Morgan fingerprint density at radius 3 is 2.85 bits per heavy atom. The number of benzene rings is 1. The average Bonchev–Trinajstić information content (AvgIpc) is 2.94. The number of ether oxygens (including phenoxy) is 1. The summed E-state index contributed by atoms with van der Waals surface area (Å²) in [6.07, 6.45) is 1.41. The smallest absolute Gasteiger partial charge is 0.254 e. The van der Waals surface area contributed by atoms with Crippen LogP contribution in [0.5, 0.6) is 5.75 Å². The SMILES string of the molecule is COc1cc(C)ccc1CNC(=O)c1coc(CN)c1. The Labute approximate surface area is 117 Å². The number of nitrogens with one attached hydrogen (secondary N) is 1. The molecule has 0 saturated heterocycles. The molecule has 1 aromatic heterocycles. The van der Waals surface area contributed by atoms with Crippen LogP contribution in [0.25, 0.3) is 0 Å². The monoisotopic (exact) mass is 274 g/mol. The van der Waals surface area contributed by atoms with Crippen molar-refractivity contribution in [2.24, 2.45) is 5.73 Å². The molecule has 5 heteroatoms. The zero-order valence-electron chi connectivity index (χ0n) is 11.6. The molecule has 2 aromatic rings. The van der Waals surface area contributed by atoms with E-state index in [4.69, 9.17) is 14.9 Å². The van der Waals surface area contributed by atoms with Crippen LogP contribution in [0.4, 0.5) is 0 Å². The Bertz CT molecular complexity index is 605. The first-order chi connectivity index (χ1) is 9.63. The highest BCUT2D eigenvalue weighted by Gasteiger charge is 2.10. The van der Waals surface area contributed by atoms with Gasteiger partial charge in [-0.25, -0.2) is 0 Å². The largest absolute Gasteiger partial charge is 0.496 e. The molecular weight excluding hydrogens is 256 g/mol. The lowest BCUT2D eigenvalue weighted by Gasteiger charge is -2.10. The van der Waals surface area contributed by atoms with E-state index in [0.717, 1.165) is 16.9 Å². The number of hydrogen-bond acceptors (Lipinski definition) is 4. The molecule has 0 aliphatic carbocycles. The van der Waals surface area contributed by atoms with Crippen molar-refractivity contribution in [2.75, 3.05) is 7.11 Å². The number of methoxy groups -OCH3 is 1. The van der Waals surface area contributed by atoms with Crippen molar-refractivity contribution in [1.29, 1.82) is 0 Å². The summed E-state index contributed by atoms with van der Waals surface area (Å²) >= 11 is 0. The van der Waals surface area contributed by atoms with E-state index in [1.807, 2.05) is 25.1 Å². The molecule has 20 heavy (non-hydrogen) atoms. The summed E-state index contributed by atoms with van der Waals surface area (Å²) in [7, 11) is 1.61. The van der Waals surface area contributed by atoms with Gasteiger partial charge in [0.1, 0.15) is 17.8 Å². The lowest BCUT2D eigenvalue weighted by molar-refractivity contribution is 0.0950. The fourth-order valence-corrected chi connectivity index (χ4v) is 1.88. The molecule has 0 fully saturated rings. The lowest BCUT2D eigenvalue weighted by atomic mass is 10.1. The molecule has 106 valence electrons. The number of carbonyl (C=O) groups excluding carboxylic acids is 1. The van der Waals surface area contributed by atoms with E-state index in [1.165, 1.54) is 6.26 Å². The standard InChI is InChI=1S/C15H18N2O3/c1-10-3-4-11(14(5-10)19-2)8-17-15(18)12-6-13(7-16)20-9-12/h3-6,9H,7-8,16H2,1-2H3,(H,17,18). The maximum absolute atomic E-state index is 12.0. The van der Waals surface area contributed by atoms with Crippen LogP contribution in [0.1, 0.15) is 27.2 Å². The number of carbonyl (C=O) groups is 1. The Balaban J connectivity index is 2.03. The summed E-state index contributed by atoms with van der Waals surface area (Å²) in [6.45, 7) is 2.66. The Morgan fingerprint density at radius 1 is 1.40 bits per heavy atom. The number of amides is 1. The van der Waals surface area contributed by atoms with Crippen molar-refractivity contribution >= 4 is 5.91 Å². The predicted octanol–water partition coefficient (Wildman–Crippen LogP) is 1.99. The van der Waals surface area contributed by atoms with Crippen molar-refractivity contribution in [1.82, 2.24) is 5.32 Å². The molecule has 0 saturated carbocycles. The quantitative estimate of drug-likeness (QED) is 0.874. The summed E-state index contributed by atoms with van der Waals surface area (Å²) in [6, 6.07) is 7.50. The van der Waals surface area contributed by atoms with Crippen LogP contribution in [0.2, 0.25) is 0 Å². The van der Waals surface area contributed by atoms with Crippen LogP contribution >= 0.6 is 0 Å². The van der Waals surface area contributed by atoms with Gasteiger partial charge in [0.05, 0.1) is 19.2 Å². The van der Waals surface area contributed by atoms with E-state index >= 15 is 0 Å². The highest BCUT2D eigenvalue weighted by Crippen LogP contribution is 2.19. The normalized spacial score (nSPS) is 10.3. The van der Waals surface area contributed by atoms with Gasteiger partial charge in [-0.2, -0.15) is 0 Å².